The molecule has 5 nitrogen and oxygen atoms in total. The lowest BCUT2D eigenvalue weighted by atomic mass is 10.4. The van der Waals surface area contributed by atoms with Crippen molar-refractivity contribution in [3.63, 3.8) is 0 Å². The van der Waals surface area contributed by atoms with E-state index in [1.54, 1.807) is 0 Å². The van der Waals surface area contributed by atoms with Crippen molar-refractivity contribution >= 4 is 10.0 Å². The maximum atomic E-state index is 11.1. The Bertz CT molecular complexity index is 411. The Labute approximate surface area is 96.9 Å². The van der Waals surface area contributed by atoms with Crippen molar-refractivity contribution in [2.75, 3.05) is 19.3 Å². The predicted molar refractivity (Wildman–Crippen MR) is 64.7 cm³/mol. The van der Waals surface area contributed by atoms with Crippen LogP contribution in [0.25, 0.3) is 0 Å². The van der Waals surface area contributed by atoms with E-state index >= 15 is 0 Å². The van der Waals surface area contributed by atoms with E-state index in [1.807, 2.05) is 18.3 Å². The topological polar surface area (TPSA) is 63.1 Å². The van der Waals surface area contributed by atoms with Crippen molar-refractivity contribution in [1.82, 2.24) is 14.6 Å². The molecule has 0 aliphatic carbocycles. The van der Waals surface area contributed by atoms with Gasteiger partial charge in [0.2, 0.25) is 10.0 Å². The average Bonchev–Trinajstić information content (AvgIpc) is 2.72. The quantitative estimate of drug-likeness (QED) is 0.672. The first-order valence-corrected chi connectivity index (χ1v) is 7.00. The van der Waals surface area contributed by atoms with Crippen LogP contribution in [0.4, 0.5) is 0 Å². The highest BCUT2D eigenvalue weighted by Gasteiger charge is 2.05. The van der Waals surface area contributed by atoms with Crippen molar-refractivity contribution in [1.29, 1.82) is 0 Å². The maximum absolute atomic E-state index is 11.1. The van der Waals surface area contributed by atoms with Crippen LogP contribution < -0.4 is 10.0 Å². The number of nitrogens with one attached hydrogen (secondary N) is 2. The first kappa shape index (κ1) is 13.2. The molecule has 0 radical (unpaired) electrons. The van der Waals surface area contributed by atoms with E-state index in [9.17, 15) is 8.42 Å². The molecule has 0 fully saturated rings. The van der Waals surface area contributed by atoms with Crippen LogP contribution in [0.15, 0.2) is 18.3 Å². The van der Waals surface area contributed by atoms with E-state index in [2.05, 4.69) is 21.5 Å². The molecular weight excluding hydrogens is 226 g/mol. The monoisotopic (exact) mass is 245 g/mol. The van der Waals surface area contributed by atoms with Crippen molar-refractivity contribution in [2.24, 2.45) is 0 Å². The number of hydrogen-bond donors (Lipinski definition) is 2. The number of aryl methyl sites for hydroxylation is 1. The summed E-state index contributed by atoms with van der Waals surface area (Å²) in [4.78, 5) is 0. The van der Waals surface area contributed by atoms with E-state index in [-0.39, 0.29) is 5.75 Å². The van der Waals surface area contributed by atoms with Gasteiger partial charge in [-0.25, -0.2) is 13.1 Å². The molecule has 0 atom stereocenters. The molecule has 0 aliphatic heterocycles. The molecule has 0 spiro atoms. The number of sulfonamides is 1. The molecule has 2 N–H and O–H groups in total. The fraction of sp³-hybridized carbons (Fsp3) is 0.600. The fourth-order valence-electron chi connectivity index (χ4n) is 1.44. The van der Waals surface area contributed by atoms with Crippen molar-refractivity contribution < 1.29 is 8.42 Å². The standard InChI is InChI=1S/C10H19N3O2S/c1-3-13-7-4-5-10(13)9-12-6-8-16(14,15)11-2/h4-5,7,11-12H,3,6,8-9H2,1-2H3. The first-order chi connectivity index (χ1) is 7.59. The van der Waals surface area contributed by atoms with E-state index in [0.29, 0.717) is 13.1 Å². The number of nitrogens with zero attached hydrogens (tertiary/aromatic N) is 1. The lowest BCUT2D eigenvalue weighted by Crippen LogP contribution is -2.29. The summed E-state index contributed by atoms with van der Waals surface area (Å²) in [5.74, 6) is 0.107. The van der Waals surface area contributed by atoms with Gasteiger partial charge in [0.1, 0.15) is 0 Å². The van der Waals surface area contributed by atoms with Gasteiger partial charge < -0.3 is 9.88 Å². The van der Waals surface area contributed by atoms with Gasteiger partial charge in [-0.05, 0) is 26.1 Å². The van der Waals surface area contributed by atoms with E-state index < -0.39 is 10.0 Å². The Balaban J connectivity index is 2.31. The summed E-state index contributed by atoms with van der Waals surface area (Å²) >= 11 is 0. The van der Waals surface area contributed by atoms with Gasteiger partial charge in [-0.3, -0.25) is 0 Å². The van der Waals surface area contributed by atoms with Gasteiger partial charge in [-0.15, -0.1) is 0 Å². The van der Waals surface area contributed by atoms with Crippen LogP contribution in [0.3, 0.4) is 0 Å². The lowest BCUT2D eigenvalue weighted by molar-refractivity contribution is 0.580. The molecule has 16 heavy (non-hydrogen) atoms. The molecule has 92 valence electrons. The molecule has 0 saturated heterocycles. The zero-order valence-electron chi connectivity index (χ0n) is 9.73. The highest BCUT2D eigenvalue weighted by Crippen LogP contribution is 2.01. The van der Waals surface area contributed by atoms with Gasteiger partial charge >= 0.3 is 0 Å². The molecule has 1 rings (SSSR count). The zero-order valence-corrected chi connectivity index (χ0v) is 10.5. The summed E-state index contributed by atoms with van der Waals surface area (Å²) in [6.45, 7) is 4.16. The molecule has 0 aliphatic rings. The van der Waals surface area contributed by atoms with E-state index in [4.69, 9.17) is 0 Å². The second-order valence-electron chi connectivity index (χ2n) is 3.49. The summed E-state index contributed by atoms with van der Waals surface area (Å²) in [6, 6.07) is 4.02. The van der Waals surface area contributed by atoms with Gasteiger partial charge in [0.05, 0.1) is 5.75 Å². The smallest absolute Gasteiger partial charge is 0.212 e. The molecule has 6 heteroatoms. The van der Waals surface area contributed by atoms with Gasteiger partial charge in [0.15, 0.2) is 0 Å². The highest BCUT2D eigenvalue weighted by molar-refractivity contribution is 7.89. The van der Waals surface area contributed by atoms with Crippen molar-refractivity contribution in [3.8, 4) is 0 Å². The van der Waals surface area contributed by atoms with Gasteiger partial charge in [-0.2, -0.15) is 0 Å². The summed E-state index contributed by atoms with van der Waals surface area (Å²) in [7, 11) is -1.67. The Kier molecular flexibility index (Phi) is 4.98. The Morgan fingerprint density at radius 2 is 2.19 bits per heavy atom. The third-order valence-electron chi connectivity index (χ3n) is 2.43. The summed E-state index contributed by atoms with van der Waals surface area (Å²) in [6.07, 6.45) is 2.02. The molecule has 0 saturated carbocycles. The SMILES string of the molecule is CCn1cccc1CNCCS(=O)(=O)NC. The van der Waals surface area contributed by atoms with Gasteiger partial charge in [-0.1, -0.05) is 0 Å². The Morgan fingerprint density at radius 1 is 1.44 bits per heavy atom. The van der Waals surface area contributed by atoms with Crippen LogP contribution in [0, 0.1) is 0 Å². The number of rotatable bonds is 7. The van der Waals surface area contributed by atoms with Gasteiger partial charge in [0, 0.05) is 31.5 Å². The molecular formula is C10H19N3O2S. The molecule has 1 heterocycles. The highest BCUT2D eigenvalue weighted by atomic mass is 32.2. The summed E-state index contributed by atoms with van der Waals surface area (Å²) in [5.41, 5.74) is 1.17. The molecule has 1 aromatic rings. The van der Waals surface area contributed by atoms with Crippen LogP contribution in [0.5, 0.6) is 0 Å². The zero-order chi connectivity index (χ0) is 12.0. The lowest BCUT2D eigenvalue weighted by Gasteiger charge is -2.08. The fourth-order valence-corrected chi connectivity index (χ4v) is 2.06. The Hall–Kier alpha value is -0.850. The van der Waals surface area contributed by atoms with E-state index in [0.717, 1.165) is 6.54 Å². The molecule has 0 amide bonds. The van der Waals surface area contributed by atoms with E-state index in [1.165, 1.54) is 12.7 Å². The minimum Gasteiger partial charge on any atom is -0.351 e. The normalized spacial score (nSPS) is 11.9. The Morgan fingerprint density at radius 3 is 2.81 bits per heavy atom. The molecule has 0 unspecified atom stereocenters. The second kappa shape index (κ2) is 6.03. The molecule has 0 bridgehead atoms. The molecule has 0 aromatic carbocycles. The summed E-state index contributed by atoms with van der Waals surface area (Å²) < 4.78 is 26.7. The number of hydrogen-bond acceptors (Lipinski definition) is 3. The second-order valence-corrected chi connectivity index (χ2v) is 5.53. The molecule has 1 aromatic heterocycles. The maximum Gasteiger partial charge on any atom is 0.212 e. The van der Waals surface area contributed by atoms with Crippen molar-refractivity contribution in [2.45, 2.75) is 20.0 Å². The third-order valence-corrected chi connectivity index (χ3v) is 3.79. The van der Waals surface area contributed by atoms with Crippen LogP contribution in [0.2, 0.25) is 0 Å². The number of aromatic nitrogens is 1. The predicted octanol–water partition coefficient (Wildman–Crippen LogP) is 0.147. The van der Waals surface area contributed by atoms with Gasteiger partial charge in [0.25, 0.3) is 0 Å². The van der Waals surface area contributed by atoms with Crippen LogP contribution >= 0.6 is 0 Å². The largest absolute Gasteiger partial charge is 0.351 e. The third kappa shape index (κ3) is 3.96. The van der Waals surface area contributed by atoms with Crippen LogP contribution in [-0.2, 0) is 23.1 Å². The van der Waals surface area contributed by atoms with Crippen LogP contribution in [-0.4, -0.2) is 32.3 Å². The van der Waals surface area contributed by atoms with Crippen LogP contribution in [0.1, 0.15) is 12.6 Å². The van der Waals surface area contributed by atoms with Crippen molar-refractivity contribution in [3.05, 3.63) is 24.0 Å². The minimum absolute atomic E-state index is 0.107. The first-order valence-electron chi connectivity index (χ1n) is 5.35. The summed E-state index contributed by atoms with van der Waals surface area (Å²) in [5, 5.41) is 3.11. The average molecular weight is 245 g/mol. The minimum atomic E-state index is -3.10.